The van der Waals surface area contributed by atoms with Crippen LogP contribution in [0, 0.1) is 0 Å². The van der Waals surface area contributed by atoms with Gasteiger partial charge in [0.05, 0.1) is 23.6 Å². The van der Waals surface area contributed by atoms with Gasteiger partial charge in [-0.3, -0.25) is 14.8 Å². The molecule has 0 saturated heterocycles. The van der Waals surface area contributed by atoms with Crippen molar-refractivity contribution in [1.29, 1.82) is 0 Å². The van der Waals surface area contributed by atoms with Crippen molar-refractivity contribution in [3.05, 3.63) is 36.4 Å². The second kappa shape index (κ2) is 4.45. The SMILES string of the molecule is O=C(O)c1ccncc1NS(=O)(=O)c1cn[nH]c1. The van der Waals surface area contributed by atoms with Crippen molar-refractivity contribution in [3.8, 4) is 0 Å². The van der Waals surface area contributed by atoms with Crippen LogP contribution in [-0.2, 0) is 10.0 Å². The number of carboxylic acids is 1. The Bertz CT molecular complexity index is 666. The number of nitrogens with one attached hydrogen (secondary N) is 2. The van der Waals surface area contributed by atoms with E-state index in [1.165, 1.54) is 18.5 Å². The lowest BCUT2D eigenvalue weighted by Crippen LogP contribution is -2.15. The Hall–Kier alpha value is -2.42. The van der Waals surface area contributed by atoms with E-state index in [1.54, 1.807) is 0 Å². The van der Waals surface area contributed by atoms with Crippen LogP contribution in [0.25, 0.3) is 0 Å². The molecule has 94 valence electrons. The number of aromatic nitrogens is 3. The molecule has 0 aliphatic carbocycles. The maximum atomic E-state index is 11.8. The third kappa shape index (κ3) is 2.30. The number of sulfonamides is 1. The van der Waals surface area contributed by atoms with E-state index in [9.17, 15) is 13.2 Å². The van der Waals surface area contributed by atoms with Crippen molar-refractivity contribution >= 4 is 21.7 Å². The lowest BCUT2D eigenvalue weighted by Gasteiger charge is -2.07. The Morgan fingerprint density at radius 3 is 2.78 bits per heavy atom. The summed E-state index contributed by atoms with van der Waals surface area (Å²) in [6, 6.07) is 1.20. The highest BCUT2D eigenvalue weighted by Crippen LogP contribution is 2.18. The number of H-pyrrole nitrogens is 1. The molecule has 0 spiro atoms. The van der Waals surface area contributed by atoms with Crippen molar-refractivity contribution in [3.63, 3.8) is 0 Å². The molecule has 2 aromatic heterocycles. The highest BCUT2D eigenvalue weighted by molar-refractivity contribution is 7.92. The fourth-order valence-corrected chi connectivity index (χ4v) is 2.22. The number of hydrogen-bond acceptors (Lipinski definition) is 5. The molecular formula is C9H8N4O4S. The molecular weight excluding hydrogens is 260 g/mol. The highest BCUT2D eigenvalue weighted by Gasteiger charge is 2.19. The van der Waals surface area contributed by atoms with Gasteiger partial charge in [-0.1, -0.05) is 0 Å². The van der Waals surface area contributed by atoms with Crippen LogP contribution in [0.5, 0.6) is 0 Å². The third-order valence-corrected chi connectivity index (χ3v) is 3.41. The minimum atomic E-state index is -3.87. The molecule has 0 aromatic carbocycles. The first-order valence-electron chi connectivity index (χ1n) is 4.69. The molecule has 0 unspecified atom stereocenters. The van der Waals surface area contributed by atoms with Crippen molar-refractivity contribution in [2.24, 2.45) is 0 Å². The summed E-state index contributed by atoms with van der Waals surface area (Å²) in [6.07, 6.45) is 4.68. The van der Waals surface area contributed by atoms with E-state index < -0.39 is 16.0 Å². The van der Waals surface area contributed by atoms with Gasteiger partial charge in [0.25, 0.3) is 10.0 Å². The predicted octanol–water partition coefficient (Wildman–Crippen LogP) is 0.304. The van der Waals surface area contributed by atoms with Crippen LogP contribution < -0.4 is 4.72 Å². The number of hydrogen-bond donors (Lipinski definition) is 3. The summed E-state index contributed by atoms with van der Waals surface area (Å²) in [5.41, 5.74) is -0.289. The number of aromatic amines is 1. The summed E-state index contributed by atoms with van der Waals surface area (Å²) in [5.74, 6) is -1.25. The standard InChI is InChI=1S/C9H8N4O4S/c14-9(15)7-1-2-10-5-8(7)13-18(16,17)6-3-11-12-4-6/h1-5,13H,(H,11,12)(H,14,15). The molecule has 0 saturated carbocycles. The van der Waals surface area contributed by atoms with Crippen LogP contribution in [0.2, 0.25) is 0 Å². The van der Waals surface area contributed by atoms with Gasteiger partial charge in [0.2, 0.25) is 0 Å². The summed E-state index contributed by atoms with van der Waals surface area (Å²) < 4.78 is 25.8. The molecule has 9 heteroatoms. The molecule has 0 fully saturated rings. The molecule has 3 N–H and O–H groups in total. The van der Waals surface area contributed by atoms with Gasteiger partial charge in [0, 0.05) is 12.4 Å². The first-order chi connectivity index (χ1) is 8.50. The van der Waals surface area contributed by atoms with Crippen LogP contribution in [0.15, 0.2) is 35.7 Å². The van der Waals surface area contributed by atoms with Gasteiger partial charge >= 0.3 is 5.97 Å². The number of carboxylic acid groups (broad SMARTS) is 1. The Morgan fingerprint density at radius 2 is 2.17 bits per heavy atom. The third-order valence-electron chi connectivity index (χ3n) is 2.08. The van der Waals surface area contributed by atoms with E-state index in [0.717, 1.165) is 12.4 Å². The number of carbonyl (C=O) groups is 1. The van der Waals surface area contributed by atoms with E-state index in [1.807, 2.05) is 0 Å². The first kappa shape index (κ1) is 12.0. The summed E-state index contributed by atoms with van der Waals surface area (Å²) in [5, 5.41) is 14.8. The molecule has 0 radical (unpaired) electrons. The fraction of sp³-hybridized carbons (Fsp3) is 0. The Kier molecular flexibility index (Phi) is 2.98. The molecule has 0 atom stereocenters. The van der Waals surface area contributed by atoms with E-state index in [0.29, 0.717) is 0 Å². The van der Waals surface area contributed by atoms with Crippen molar-refractivity contribution in [2.75, 3.05) is 4.72 Å². The Balaban J connectivity index is 2.39. The van der Waals surface area contributed by atoms with Gasteiger partial charge in [-0.05, 0) is 6.07 Å². The zero-order valence-electron chi connectivity index (χ0n) is 8.86. The van der Waals surface area contributed by atoms with Crippen LogP contribution in [0.4, 0.5) is 5.69 Å². The van der Waals surface area contributed by atoms with Crippen LogP contribution in [-0.4, -0.2) is 34.7 Å². The Morgan fingerprint density at radius 1 is 1.39 bits per heavy atom. The monoisotopic (exact) mass is 268 g/mol. The average molecular weight is 268 g/mol. The topological polar surface area (TPSA) is 125 Å². The zero-order valence-corrected chi connectivity index (χ0v) is 9.68. The van der Waals surface area contributed by atoms with Gasteiger partial charge in [-0.2, -0.15) is 5.10 Å². The number of anilines is 1. The number of pyridine rings is 1. The van der Waals surface area contributed by atoms with Gasteiger partial charge in [0.15, 0.2) is 0 Å². The van der Waals surface area contributed by atoms with Crippen LogP contribution in [0.3, 0.4) is 0 Å². The van der Waals surface area contributed by atoms with E-state index in [2.05, 4.69) is 19.9 Å². The fourth-order valence-electron chi connectivity index (χ4n) is 1.25. The quantitative estimate of drug-likeness (QED) is 0.732. The molecule has 18 heavy (non-hydrogen) atoms. The molecule has 8 nitrogen and oxygen atoms in total. The molecule has 0 bridgehead atoms. The normalized spacial score (nSPS) is 11.1. The average Bonchev–Trinajstić information content (AvgIpc) is 2.83. The maximum Gasteiger partial charge on any atom is 0.337 e. The summed E-state index contributed by atoms with van der Waals surface area (Å²) >= 11 is 0. The smallest absolute Gasteiger partial charge is 0.337 e. The van der Waals surface area contributed by atoms with Gasteiger partial charge < -0.3 is 5.11 Å². The molecule has 0 aliphatic rings. The summed E-state index contributed by atoms with van der Waals surface area (Å²) in [6.45, 7) is 0. The largest absolute Gasteiger partial charge is 0.478 e. The first-order valence-corrected chi connectivity index (χ1v) is 6.18. The second-order valence-corrected chi connectivity index (χ2v) is 4.95. The molecule has 0 amide bonds. The van der Waals surface area contributed by atoms with Crippen LogP contribution >= 0.6 is 0 Å². The molecule has 2 aromatic rings. The number of nitrogens with zero attached hydrogens (tertiary/aromatic N) is 2. The minimum Gasteiger partial charge on any atom is -0.478 e. The lowest BCUT2D eigenvalue weighted by molar-refractivity contribution is 0.0698. The van der Waals surface area contributed by atoms with Gasteiger partial charge in [-0.25, -0.2) is 13.2 Å². The van der Waals surface area contributed by atoms with Crippen molar-refractivity contribution < 1.29 is 18.3 Å². The zero-order chi connectivity index (χ0) is 13.2. The maximum absolute atomic E-state index is 11.8. The molecule has 2 rings (SSSR count). The van der Waals surface area contributed by atoms with Crippen molar-refractivity contribution in [1.82, 2.24) is 15.2 Å². The Labute approximate surface area is 102 Å². The predicted molar refractivity (Wildman–Crippen MR) is 60.6 cm³/mol. The molecule has 2 heterocycles. The van der Waals surface area contributed by atoms with Gasteiger partial charge in [-0.15, -0.1) is 0 Å². The summed E-state index contributed by atoms with van der Waals surface area (Å²) in [4.78, 5) is 14.5. The van der Waals surface area contributed by atoms with E-state index >= 15 is 0 Å². The van der Waals surface area contributed by atoms with E-state index in [-0.39, 0.29) is 16.1 Å². The van der Waals surface area contributed by atoms with Crippen LogP contribution in [0.1, 0.15) is 10.4 Å². The lowest BCUT2D eigenvalue weighted by atomic mass is 10.2. The second-order valence-electron chi connectivity index (χ2n) is 3.27. The highest BCUT2D eigenvalue weighted by atomic mass is 32.2. The van der Waals surface area contributed by atoms with Crippen molar-refractivity contribution in [2.45, 2.75) is 4.90 Å². The van der Waals surface area contributed by atoms with E-state index in [4.69, 9.17) is 5.11 Å². The van der Waals surface area contributed by atoms with Gasteiger partial charge in [0.1, 0.15) is 4.90 Å². The molecule has 0 aliphatic heterocycles. The number of aromatic carboxylic acids is 1. The summed E-state index contributed by atoms with van der Waals surface area (Å²) in [7, 11) is -3.87. The number of rotatable bonds is 4. The minimum absolute atomic E-state index is 0.0947.